The largest absolute Gasteiger partial charge is 0.468 e. The predicted molar refractivity (Wildman–Crippen MR) is 291 cm³/mol. The fraction of sp³-hybridized carbons (Fsp3) is 0.500. The molecule has 18 nitrogen and oxygen atoms in total. The molecule has 3 aromatic carbocycles. The number of fused-ring (bicyclic) bond motifs is 5. The van der Waals surface area contributed by atoms with E-state index in [1.54, 1.807) is 29.8 Å². The summed E-state index contributed by atoms with van der Waals surface area (Å²) in [6.07, 6.45) is 14.6. The van der Waals surface area contributed by atoms with Crippen molar-refractivity contribution in [2.75, 3.05) is 76.1 Å². The molecular formula is C58H66F2N10O8. The third-order valence-electron chi connectivity index (χ3n) is 16.4. The second-order valence-corrected chi connectivity index (χ2v) is 22.5. The number of imidazole rings is 1. The molecule has 2 bridgehead atoms. The number of hydrogen-bond acceptors (Lipinski definition) is 14. The van der Waals surface area contributed by atoms with Crippen LogP contribution in [0.3, 0.4) is 0 Å². The minimum Gasteiger partial charge on any atom is -0.468 e. The molecule has 5 fully saturated rings. The number of aromatic nitrogens is 5. The summed E-state index contributed by atoms with van der Waals surface area (Å²) in [5.74, 6) is 2.30. The van der Waals surface area contributed by atoms with E-state index in [-0.39, 0.29) is 77.9 Å². The van der Waals surface area contributed by atoms with Crippen molar-refractivity contribution in [1.29, 1.82) is 0 Å². The Morgan fingerprint density at radius 1 is 0.872 bits per heavy atom. The number of aryl methyl sites for hydroxylation is 1. The van der Waals surface area contributed by atoms with Crippen molar-refractivity contribution < 1.29 is 42.1 Å². The molecule has 5 aliphatic rings. The number of nitrogens with zero attached hydrogens (tertiary/aromatic N) is 9. The van der Waals surface area contributed by atoms with Crippen molar-refractivity contribution in [2.24, 2.45) is 18.9 Å². The lowest BCUT2D eigenvalue weighted by Gasteiger charge is -2.42. The number of piperidine rings is 3. The first-order chi connectivity index (χ1) is 37.5. The van der Waals surface area contributed by atoms with Crippen molar-refractivity contribution in [3.63, 3.8) is 0 Å². The van der Waals surface area contributed by atoms with Crippen LogP contribution in [0, 0.1) is 35.8 Å². The third kappa shape index (κ3) is 10.3. The third-order valence-corrected chi connectivity index (χ3v) is 16.4. The van der Waals surface area contributed by atoms with Gasteiger partial charge in [0.2, 0.25) is 11.8 Å². The van der Waals surface area contributed by atoms with Crippen LogP contribution in [-0.2, 0) is 26.1 Å². The van der Waals surface area contributed by atoms with Gasteiger partial charge in [0.05, 0.1) is 34.1 Å². The number of terminal acetylenes is 1. The van der Waals surface area contributed by atoms with E-state index in [1.165, 1.54) is 30.4 Å². The number of carbonyl (C=O) groups excluding carboxylic acids is 3. The highest BCUT2D eigenvalue weighted by molar-refractivity contribution is 6.03. The van der Waals surface area contributed by atoms with Gasteiger partial charge in [0.15, 0.2) is 12.6 Å². The zero-order valence-electron chi connectivity index (χ0n) is 44.9. The van der Waals surface area contributed by atoms with Gasteiger partial charge in [-0.2, -0.15) is 9.97 Å². The molecule has 11 rings (SSSR count). The number of hydrogen-bond donors (Lipinski definition) is 1. The average molecular weight is 1070 g/mol. The molecule has 8 heterocycles. The molecule has 1 N–H and O–H groups in total. The van der Waals surface area contributed by atoms with E-state index in [9.17, 15) is 19.2 Å². The van der Waals surface area contributed by atoms with Crippen LogP contribution in [0.5, 0.6) is 11.8 Å². The number of methoxy groups -OCH3 is 1. The Morgan fingerprint density at radius 3 is 2.29 bits per heavy atom. The molecule has 3 atom stereocenters. The number of amides is 3. The zero-order chi connectivity index (χ0) is 54.6. The fourth-order valence-electron chi connectivity index (χ4n) is 12.5. The number of anilines is 2. The van der Waals surface area contributed by atoms with Crippen LogP contribution in [0.2, 0.25) is 0 Å². The molecule has 3 amide bonds. The smallest absolute Gasteiger partial charge is 0.410 e. The van der Waals surface area contributed by atoms with Gasteiger partial charge in [-0.3, -0.25) is 38.8 Å². The standard InChI is InChI=1S/C58H66F2N10O8/c1-7-41-44(59)12-8-36-27-40(77-33-75-6)29-42(49(36)41)51-50(60)52-43(30-61-51)53(68-31-38-9-10-39(32-68)69(38)57(74)78-58(2,3)4)64-55(63-52)76-25-24-66-20-16-34(17-21-66)26-35-18-22-67(23-19-35)37-11-13-45-47(28-37)65(5)56(73)70(45)46-14-15-48(71)62-54(46)72/h1,8,11-13,27-30,34-35,38-39,46H,9-10,14-26,31-33H2,2-6H3,(H,62,71,72). The lowest BCUT2D eigenvalue weighted by Crippen LogP contribution is -2.57. The molecule has 0 aliphatic carbocycles. The normalized spacial score (nSPS) is 20.7. The Labute approximate surface area is 450 Å². The van der Waals surface area contributed by atoms with Crippen molar-refractivity contribution in [3.8, 4) is 35.4 Å². The van der Waals surface area contributed by atoms with Gasteiger partial charge >= 0.3 is 17.8 Å². The fourth-order valence-corrected chi connectivity index (χ4v) is 12.5. The second kappa shape index (κ2) is 21.5. The molecule has 0 spiro atoms. The molecule has 5 saturated heterocycles. The van der Waals surface area contributed by atoms with Gasteiger partial charge in [-0.25, -0.2) is 18.4 Å². The Balaban J connectivity index is 0.767. The SMILES string of the molecule is C#Cc1c(F)ccc2cc(OCOC)cc(-c3ncc4c(N5CC6CCC(C5)N6C(=O)OC(C)(C)C)nc(OCCN5CCC(CC6CCN(c7ccc8c(c7)n(C)c(=O)n8C7CCC(=O)NC7=O)CC6)CC5)nc4c3F)c12. The van der Waals surface area contributed by atoms with Crippen LogP contribution in [0.25, 0.3) is 44.0 Å². The number of imide groups is 1. The zero-order valence-corrected chi connectivity index (χ0v) is 44.9. The Bertz CT molecular complexity index is 3410. The molecule has 3 unspecified atom stereocenters. The molecular weight excluding hydrogens is 1000 g/mol. The van der Waals surface area contributed by atoms with Crippen LogP contribution in [0.1, 0.15) is 90.2 Å². The minimum absolute atomic E-state index is 0.00341. The summed E-state index contributed by atoms with van der Waals surface area (Å²) in [6, 6.07) is 11.1. The van der Waals surface area contributed by atoms with Crippen molar-refractivity contribution in [2.45, 2.75) is 102 Å². The van der Waals surface area contributed by atoms with E-state index in [0.29, 0.717) is 71.1 Å². The summed E-state index contributed by atoms with van der Waals surface area (Å²) in [5, 5.41) is 3.56. The number of likely N-dealkylation sites (tertiary alicyclic amines) is 1. The molecule has 5 aliphatic heterocycles. The summed E-state index contributed by atoms with van der Waals surface area (Å²) in [6.45, 7) is 10.9. The Morgan fingerprint density at radius 2 is 1.60 bits per heavy atom. The maximum atomic E-state index is 17.5. The first kappa shape index (κ1) is 52.7. The summed E-state index contributed by atoms with van der Waals surface area (Å²) in [4.78, 5) is 74.3. The first-order valence-corrected chi connectivity index (χ1v) is 27.2. The van der Waals surface area contributed by atoms with E-state index in [1.807, 2.05) is 43.9 Å². The van der Waals surface area contributed by atoms with E-state index < -0.39 is 29.2 Å². The highest BCUT2D eigenvalue weighted by Crippen LogP contribution is 2.41. The minimum atomic E-state index is -0.768. The number of piperazine rings is 1. The molecule has 20 heteroatoms. The van der Waals surface area contributed by atoms with Gasteiger partial charge in [-0.15, -0.1) is 6.42 Å². The highest BCUT2D eigenvalue weighted by Gasteiger charge is 2.45. The van der Waals surface area contributed by atoms with Gasteiger partial charge in [0.25, 0.3) is 0 Å². The van der Waals surface area contributed by atoms with E-state index in [2.05, 4.69) is 30.9 Å². The first-order valence-electron chi connectivity index (χ1n) is 27.2. The van der Waals surface area contributed by atoms with Gasteiger partial charge < -0.3 is 28.7 Å². The number of ether oxygens (including phenoxy) is 4. The monoisotopic (exact) mass is 1070 g/mol. The van der Waals surface area contributed by atoms with Gasteiger partial charge in [0, 0.05) is 76.1 Å². The van der Waals surface area contributed by atoms with E-state index in [4.69, 9.17) is 35.3 Å². The number of nitrogens with one attached hydrogen (secondary N) is 1. The quantitative estimate of drug-likeness (QED) is 0.0676. The summed E-state index contributed by atoms with van der Waals surface area (Å²) in [5.41, 5.74) is 1.61. The number of rotatable bonds is 13. The van der Waals surface area contributed by atoms with Crippen molar-refractivity contribution in [3.05, 3.63) is 76.3 Å². The summed E-state index contributed by atoms with van der Waals surface area (Å²) in [7, 11) is 3.21. The van der Waals surface area contributed by atoms with Crippen molar-refractivity contribution in [1.82, 2.24) is 39.2 Å². The molecule has 410 valence electrons. The molecule has 0 saturated carbocycles. The Kier molecular flexibility index (Phi) is 14.5. The topological polar surface area (TPSA) is 179 Å². The Hall–Kier alpha value is -7.37. The van der Waals surface area contributed by atoms with Crippen LogP contribution >= 0.6 is 0 Å². The van der Waals surface area contributed by atoms with E-state index >= 15 is 8.78 Å². The van der Waals surface area contributed by atoms with Crippen molar-refractivity contribution >= 4 is 62.1 Å². The highest BCUT2D eigenvalue weighted by atomic mass is 19.1. The lowest BCUT2D eigenvalue weighted by atomic mass is 9.82. The number of benzene rings is 3. The van der Waals surface area contributed by atoms with Gasteiger partial charge in [-0.1, -0.05) is 12.0 Å². The molecule has 3 aromatic heterocycles. The maximum absolute atomic E-state index is 17.5. The summed E-state index contributed by atoms with van der Waals surface area (Å²) < 4.78 is 59.1. The van der Waals surface area contributed by atoms with Crippen LogP contribution in [0.15, 0.2) is 53.5 Å². The number of halogens is 2. The number of pyridine rings is 1. The second-order valence-electron chi connectivity index (χ2n) is 22.5. The summed E-state index contributed by atoms with van der Waals surface area (Å²) >= 11 is 0. The lowest BCUT2D eigenvalue weighted by molar-refractivity contribution is -0.135. The van der Waals surface area contributed by atoms with Crippen LogP contribution < -0.4 is 30.3 Å². The van der Waals surface area contributed by atoms with Crippen LogP contribution in [0.4, 0.5) is 25.1 Å². The van der Waals surface area contributed by atoms with Gasteiger partial charge in [0.1, 0.15) is 46.8 Å². The average Bonchev–Trinajstić information content (AvgIpc) is 4.01. The van der Waals surface area contributed by atoms with Gasteiger partial charge in [-0.05, 0) is 139 Å². The molecule has 78 heavy (non-hydrogen) atoms. The van der Waals surface area contributed by atoms with Crippen LogP contribution in [-0.4, -0.2) is 136 Å². The predicted octanol–water partition coefficient (Wildman–Crippen LogP) is 7.70. The molecule has 6 aromatic rings. The van der Waals surface area contributed by atoms with E-state index in [0.717, 1.165) is 75.9 Å². The molecule has 0 radical (unpaired) electrons. The number of carbonyl (C=O) groups is 3. The maximum Gasteiger partial charge on any atom is 0.410 e.